The molecule has 0 saturated heterocycles. The minimum atomic E-state index is -0.0199. The largest absolute Gasteiger partial charge is 0.490 e. The molecule has 0 aliphatic carbocycles. The van der Waals surface area contributed by atoms with Crippen molar-refractivity contribution in [1.82, 2.24) is 9.55 Å². The van der Waals surface area contributed by atoms with Crippen molar-refractivity contribution in [2.24, 2.45) is 5.73 Å². The third-order valence-electron chi connectivity index (χ3n) is 3.50. The Hall–Kier alpha value is -2.01. The smallest absolute Gasteiger partial charge is 0.163 e. The van der Waals surface area contributed by atoms with Gasteiger partial charge in [0.05, 0.1) is 37.1 Å². The number of imidazole rings is 1. The van der Waals surface area contributed by atoms with Crippen LogP contribution in [0.2, 0.25) is 0 Å². The van der Waals surface area contributed by atoms with Crippen molar-refractivity contribution < 1.29 is 9.47 Å². The average Bonchev–Trinajstić information content (AvgIpc) is 2.85. The second-order valence-electron chi connectivity index (χ2n) is 4.88. The Morgan fingerprint density at radius 2 is 2.10 bits per heavy atom. The van der Waals surface area contributed by atoms with Gasteiger partial charge in [0, 0.05) is 18.5 Å². The fourth-order valence-electron chi connectivity index (χ4n) is 2.31. The van der Waals surface area contributed by atoms with E-state index in [1.54, 1.807) is 6.33 Å². The van der Waals surface area contributed by atoms with E-state index in [1.807, 2.05) is 29.0 Å². The number of aromatic nitrogens is 2. The van der Waals surface area contributed by atoms with Crippen LogP contribution in [-0.4, -0.2) is 22.8 Å². The standard InChI is InChI=1S/C15H19N3O2/c1-2-12(16)13-9-17-10-18(13)11-4-5-14-15(8-11)20-7-3-6-19-14/h4-5,8-10,12H,2-3,6-7,16H2,1H3/t12-/m1/s1. The minimum Gasteiger partial charge on any atom is -0.490 e. The van der Waals surface area contributed by atoms with Crippen LogP contribution in [0.3, 0.4) is 0 Å². The van der Waals surface area contributed by atoms with Gasteiger partial charge < -0.3 is 19.8 Å². The molecule has 0 unspecified atom stereocenters. The highest BCUT2D eigenvalue weighted by molar-refractivity contribution is 5.49. The highest BCUT2D eigenvalue weighted by Gasteiger charge is 2.14. The van der Waals surface area contributed by atoms with Crippen molar-refractivity contribution in [3.05, 3.63) is 36.4 Å². The van der Waals surface area contributed by atoms with E-state index in [-0.39, 0.29) is 6.04 Å². The van der Waals surface area contributed by atoms with E-state index in [9.17, 15) is 0 Å². The van der Waals surface area contributed by atoms with Crippen LogP contribution in [0, 0.1) is 0 Å². The number of benzene rings is 1. The lowest BCUT2D eigenvalue weighted by Gasteiger charge is -2.15. The van der Waals surface area contributed by atoms with Gasteiger partial charge in [0.1, 0.15) is 0 Å². The van der Waals surface area contributed by atoms with Crippen LogP contribution >= 0.6 is 0 Å². The molecule has 1 aromatic carbocycles. The maximum atomic E-state index is 6.12. The molecule has 2 heterocycles. The fraction of sp³-hybridized carbons (Fsp3) is 0.400. The molecule has 1 atom stereocenters. The first-order valence-corrected chi connectivity index (χ1v) is 6.97. The Balaban J connectivity index is 1.99. The third-order valence-corrected chi connectivity index (χ3v) is 3.50. The van der Waals surface area contributed by atoms with Crippen molar-refractivity contribution in [1.29, 1.82) is 0 Å². The Morgan fingerprint density at radius 1 is 1.30 bits per heavy atom. The van der Waals surface area contributed by atoms with Gasteiger partial charge in [-0.2, -0.15) is 0 Å². The lowest BCUT2D eigenvalue weighted by Crippen LogP contribution is -2.13. The molecular formula is C15H19N3O2. The Kier molecular flexibility index (Phi) is 3.60. The van der Waals surface area contributed by atoms with Crippen molar-refractivity contribution in [3.63, 3.8) is 0 Å². The maximum Gasteiger partial charge on any atom is 0.163 e. The molecule has 2 N–H and O–H groups in total. The zero-order chi connectivity index (χ0) is 13.9. The van der Waals surface area contributed by atoms with E-state index in [0.29, 0.717) is 13.2 Å². The zero-order valence-corrected chi connectivity index (χ0v) is 11.6. The lowest BCUT2D eigenvalue weighted by molar-refractivity contribution is 0.297. The summed E-state index contributed by atoms with van der Waals surface area (Å²) < 4.78 is 13.4. The monoisotopic (exact) mass is 273 g/mol. The molecule has 0 amide bonds. The summed E-state index contributed by atoms with van der Waals surface area (Å²) in [5.41, 5.74) is 8.12. The lowest BCUT2D eigenvalue weighted by atomic mass is 10.1. The van der Waals surface area contributed by atoms with Gasteiger partial charge in [-0.15, -0.1) is 0 Å². The highest BCUT2D eigenvalue weighted by atomic mass is 16.5. The number of hydrogen-bond acceptors (Lipinski definition) is 4. The molecule has 5 heteroatoms. The van der Waals surface area contributed by atoms with Gasteiger partial charge in [0.15, 0.2) is 11.5 Å². The first-order valence-electron chi connectivity index (χ1n) is 6.97. The number of fused-ring (bicyclic) bond motifs is 1. The number of ether oxygens (including phenoxy) is 2. The molecule has 1 aliphatic rings. The van der Waals surface area contributed by atoms with Crippen LogP contribution in [0.4, 0.5) is 0 Å². The second kappa shape index (κ2) is 5.54. The van der Waals surface area contributed by atoms with Gasteiger partial charge >= 0.3 is 0 Å². The van der Waals surface area contributed by atoms with Crippen LogP contribution < -0.4 is 15.2 Å². The molecule has 1 aromatic heterocycles. The SMILES string of the molecule is CC[C@@H](N)c1cncn1-c1ccc2c(c1)OCCCO2. The van der Waals surface area contributed by atoms with Crippen molar-refractivity contribution in [2.75, 3.05) is 13.2 Å². The Morgan fingerprint density at radius 3 is 2.90 bits per heavy atom. The molecule has 0 bridgehead atoms. The predicted octanol–water partition coefficient (Wildman–Crippen LogP) is 2.44. The summed E-state index contributed by atoms with van der Waals surface area (Å²) in [5, 5.41) is 0. The van der Waals surface area contributed by atoms with E-state index in [1.165, 1.54) is 0 Å². The van der Waals surface area contributed by atoms with E-state index < -0.39 is 0 Å². The molecule has 5 nitrogen and oxygen atoms in total. The number of rotatable bonds is 3. The predicted molar refractivity (Wildman–Crippen MR) is 76.4 cm³/mol. The molecule has 0 saturated carbocycles. The fourth-order valence-corrected chi connectivity index (χ4v) is 2.31. The molecule has 0 radical (unpaired) electrons. The summed E-state index contributed by atoms with van der Waals surface area (Å²) in [6, 6.07) is 5.90. The molecule has 1 aliphatic heterocycles. The summed E-state index contributed by atoms with van der Waals surface area (Å²) in [7, 11) is 0. The van der Waals surface area contributed by atoms with Gasteiger partial charge in [-0.3, -0.25) is 0 Å². The molecule has 0 spiro atoms. The minimum absolute atomic E-state index is 0.0199. The molecule has 106 valence electrons. The van der Waals surface area contributed by atoms with Gasteiger partial charge in [-0.1, -0.05) is 6.92 Å². The summed E-state index contributed by atoms with van der Waals surface area (Å²) in [6.45, 7) is 3.45. The van der Waals surface area contributed by atoms with Gasteiger partial charge in [0.2, 0.25) is 0 Å². The van der Waals surface area contributed by atoms with Crippen molar-refractivity contribution in [3.8, 4) is 17.2 Å². The summed E-state index contributed by atoms with van der Waals surface area (Å²) in [6.07, 6.45) is 5.37. The van der Waals surface area contributed by atoms with Gasteiger partial charge in [-0.05, 0) is 18.6 Å². The normalized spacial score (nSPS) is 15.7. The van der Waals surface area contributed by atoms with Crippen LogP contribution in [-0.2, 0) is 0 Å². The summed E-state index contributed by atoms with van der Waals surface area (Å²) in [4.78, 5) is 4.21. The average molecular weight is 273 g/mol. The third kappa shape index (κ3) is 2.36. The quantitative estimate of drug-likeness (QED) is 0.933. The number of nitrogens with zero attached hydrogens (tertiary/aromatic N) is 2. The molecule has 0 fully saturated rings. The summed E-state index contributed by atoms with van der Waals surface area (Å²) in [5.74, 6) is 1.58. The van der Waals surface area contributed by atoms with E-state index >= 15 is 0 Å². The van der Waals surface area contributed by atoms with Gasteiger partial charge in [0.25, 0.3) is 0 Å². The van der Waals surface area contributed by atoms with Crippen LogP contribution in [0.15, 0.2) is 30.7 Å². The highest BCUT2D eigenvalue weighted by Crippen LogP contribution is 2.32. The van der Waals surface area contributed by atoms with Crippen molar-refractivity contribution >= 4 is 0 Å². The first kappa shape index (κ1) is 13.0. The van der Waals surface area contributed by atoms with Crippen LogP contribution in [0.1, 0.15) is 31.5 Å². The first-order chi connectivity index (χ1) is 9.79. The molecule has 20 heavy (non-hydrogen) atoms. The summed E-state index contributed by atoms with van der Waals surface area (Å²) >= 11 is 0. The van der Waals surface area contributed by atoms with Crippen molar-refractivity contribution in [2.45, 2.75) is 25.8 Å². The molecular weight excluding hydrogens is 254 g/mol. The Bertz CT molecular complexity index is 595. The molecule has 3 rings (SSSR count). The second-order valence-corrected chi connectivity index (χ2v) is 4.88. The topological polar surface area (TPSA) is 62.3 Å². The van der Waals surface area contributed by atoms with E-state index in [0.717, 1.165) is 35.7 Å². The van der Waals surface area contributed by atoms with Gasteiger partial charge in [-0.25, -0.2) is 4.98 Å². The number of nitrogens with two attached hydrogens (primary N) is 1. The van der Waals surface area contributed by atoms with E-state index in [2.05, 4.69) is 11.9 Å². The number of hydrogen-bond donors (Lipinski definition) is 1. The Labute approximate surface area is 118 Å². The van der Waals surface area contributed by atoms with Crippen LogP contribution in [0.5, 0.6) is 11.5 Å². The zero-order valence-electron chi connectivity index (χ0n) is 11.6. The van der Waals surface area contributed by atoms with Crippen LogP contribution in [0.25, 0.3) is 5.69 Å². The maximum absolute atomic E-state index is 6.12. The van der Waals surface area contributed by atoms with E-state index in [4.69, 9.17) is 15.2 Å². The molecule has 2 aromatic rings.